The first kappa shape index (κ1) is 41.1. The summed E-state index contributed by atoms with van der Waals surface area (Å²) in [6.45, 7) is 7.74. The van der Waals surface area contributed by atoms with Crippen LogP contribution in [0, 0.1) is 5.92 Å². The van der Waals surface area contributed by atoms with Crippen LogP contribution >= 0.6 is 15.9 Å². The maximum absolute atomic E-state index is 15.5. The second-order valence-electron chi connectivity index (χ2n) is 17.5. The second-order valence-corrected chi connectivity index (χ2v) is 23.1. The van der Waals surface area contributed by atoms with E-state index in [0.717, 1.165) is 54.7 Å². The number of aromatic nitrogens is 3. The van der Waals surface area contributed by atoms with Gasteiger partial charge in [0.15, 0.2) is 5.60 Å². The Kier molecular flexibility index (Phi) is 10.4. The zero-order valence-corrected chi connectivity index (χ0v) is 38.2. The molecule has 1 fully saturated rings. The lowest BCUT2D eigenvalue weighted by atomic mass is 9.82. The zero-order chi connectivity index (χ0) is 43.6. The summed E-state index contributed by atoms with van der Waals surface area (Å²) in [6.07, 6.45) is 2.23. The SMILES string of the molecule is COc1ccc([Si](C)(C)[C@@H]2[C@@H](CCn3cc(C(CO)c4ccccc4)nn3)O[C@]3(C(=O)N(Cc4ccc(N5C(=O)c6cccc7cccc5c67)cc4)c4ccc(Br)cc43)[C@H]2C)cc1. The molecule has 7 aromatic rings. The Hall–Kier alpha value is -5.92. The third kappa shape index (κ3) is 6.73. The zero-order valence-electron chi connectivity index (χ0n) is 35.6. The first-order valence-electron chi connectivity index (χ1n) is 21.5. The number of anilines is 3. The highest BCUT2D eigenvalue weighted by Gasteiger charge is 2.66. The van der Waals surface area contributed by atoms with Gasteiger partial charge in [-0.3, -0.25) is 19.2 Å². The molecule has 63 heavy (non-hydrogen) atoms. The first-order valence-corrected chi connectivity index (χ1v) is 25.4. The summed E-state index contributed by atoms with van der Waals surface area (Å²) in [5.41, 5.74) is 5.46. The molecular formula is C51H48BrN5O5Si. The second kappa shape index (κ2) is 16.0. The number of halogens is 1. The van der Waals surface area contributed by atoms with Crippen molar-refractivity contribution in [3.8, 4) is 5.75 Å². The van der Waals surface area contributed by atoms with Crippen LogP contribution in [0.4, 0.5) is 17.1 Å². The molecule has 1 saturated heterocycles. The van der Waals surface area contributed by atoms with E-state index >= 15 is 4.79 Å². The third-order valence-electron chi connectivity index (χ3n) is 13.8. The predicted molar refractivity (Wildman–Crippen MR) is 252 cm³/mol. The number of nitrogens with zero attached hydrogens (tertiary/aromatic N) is 5. The van der Waals surface area contributed by atoms with Crippen molar-refractivity contribution in [2.24, 2.45) is 5.92 Å². The summed E-state index contributed by atoms with van der Waals surface area (Å²) < 4.78 is 15.7. The minimum absolute atomic E-state index is 0.0324. The molecule has 12 heteroatoms. The molecule has 1 aromatic heterocycles. The average Bonchev–Trinajstić information content (AvgIpc) is 4.03. The Morgan fingerprint density at radius 3 is 2.37 bits per heavy atom. The van der Waals surface area contributed by atoms with E-state index in [2.05, 4.69) is 64.5 Å². The number of hydrogen-bond donors (Lipinski definition) is 1. The van der Waals surface area contributed by atoms with Gasteiger partial charge in [0, 0.05) is 39.8 Å². The lowest BCUT2D eigenvalue weighted by Crippen LogP contribution is -2.51. The van der Waals surface area contributed by atoms with Crippen molar-refractivity contribution in [2.75, 3.05) is 23.5 Å². The van der Waals surface area contributed by atoms with E-state index < -0.39 is 13.7 Å². The Balaban J connectivity index is 0.972. The maximum Gasteiger partial charge on any atom is 0.264 e. The van der Waals surface area contributed by atoms with Crippen molar-refractivity contribution >= 4 is 68.8 Å². The molecule has 4 heterocycles. The van der Waals surface area contributed by atoms with E-state index in [0.29, 0.717) is 30.8 Å². The van der Waals surface area contributed by atoms with Crippen LogP contribution < -0.4 is 19.7 Å². The number of aliphatic hydroxyl groups excluding tert-OH is 1. The van der Waals surface area contributed by atoms with Gasteiger partial charge in [0.2, 0.25) is 0 Å². The Morgan fingerprint density at radius 2 is 1.63 bits per heavy atom. The lowest BCUT2D eigenvalue weighted by molar-refractivity contribution is -0.146. The lowest BCUT2D eigenvalue weighted by Gasteiger charge is -2.37. The van der Waals surface area contributed by atoms with Gasteiger partial charge in [-0.15, -0.1) is 5.10 Å². The number of methoxy groups -OCH3 is 1. The largest absolute Gasteiger partial charge is 0.497 e. The standard InChI is InChI=1S/C51H48BrN5O5Si/c1-32-48(63(3,4)39-23-21-38(61-2)22-24-39)46(26-27-55-30-43(53-54-55)41(31-58)34-10-6-5-7-11-34)62-51(32)42-28-36(52)18-25-44(42)56(50(51)60)29-33-16-19-37(20-17-33)57-45-15-9-13-35-12-8-14-40(47(35)45)49(57)59/h5-25,28,30,32,41,46,48,58H,26-27,29,31H2,1-4H3/t32-,41?,46+,48-,51+/m0/s1. The van der Waals surface area contributed by atoms with E-state index in [4.69, 9.17) is 9.47 Å². The van der Waals surface area contributed by atoms with Crippen LogP contribution in [-0.4, -0.2) is 59.8 Å². The molecule has 1 N–H and O–H groups in total. The normalized spacial score (nSPS) is 20.9. The Labute approximate surface area is 376 Å². The van der Waals surface area contributed by atoms with Crippen LogP contribution in [-0.2, 0) is 28.2 Å². The number of benzene rings is 6. The van der Waals surface area contributed by atoms with Gasteiger partial charge in [0.1, 0.15) is 5.75 Å². The molecule has 318 valence electrons. The third-order valence-corrected chi connectivity index (χ3v) is 18.7. The highest BCUT2D eigenvalue weighted by atomic mass is 79.9. The van der Waals surface area contributed by atoms with Gasteiger partial charge in [-0.2, -0.15) is 0 Å². The fourth-order valence-electron chi connectivity index (χ4n) is 10.7. The van der Waals surface area contributed by atoms with Gasteiger partial charge < -0.3 is 19.5 Å². The van der Waals surface area contributed by atoms with Gasteiger partial charge in [0.05, 0.1) is 63.0 Å². The van der Waals surface area contributed by atoms with Crippen LogP contribution in [0.3, 0.4) is 0 Å². The smallest absolute Gasteiger partial charge is 0.264 e. The van der Waals surface area contributed by atoms with Crippen molar-refractivity contribution in [2.45, 2.75) is 62.7 Å². The number of fused-ring (bicyclic) bond motifs is 2. The Morgan fingerprint density at radius 1 is 0.889 bits per heavy atom. The topological polar surface area (TPSA) is 110 Å². The molecular weight excluding hydrogens is 871 g/mol. The molecule has 10 rings (SSSR count). The molecule has 0 saturated carbocycles. The fourth-order valence-corrected chi connectivity index (χ4v) is 15.1. The molecule has 5 atom stereocenters. The van der Waals surface area contributed by atoms with E-state index in [1.165, 1.54) is 5.19 Å². The van der Waals surface area contributed by atoms with Crippen molar-refractivity contribution in [1.82, 2.24) is 15.0 Å². The summed E-state index contributed by atoms with van der Waals surface area (Å²) in [4.78, 5) is 32.9. The van der Waals surface area contributed by atoms with Gasteiger partial charge in [-0.05, 0) is 83.1 Å². The number of amides is 2. The summed E-state index contributed by atoms with van der Waals surface area (Å²) in [7, 11) is -0.724. The average molecular weight is 919 g/mol. The summed E-state index contributed by atoms with van der Waals surface area (Å²) in [5, 5.41) is 22.6. The minimum Gasteiger partial charge on any atom is -0.497 e. The van der Waals surface area contributed by atoms with Gasteiger partial charge >= 0.3 is 0 Å². The number of aliphatic hydroxyl groups is 1. The summed E-state index contributed by atoms with van der Waals surface area (Å²) >= 11 is 3.75. The van der Waals surface area contributed by atoms with Crippen LogP contribution in [0.5, 0.6) is 5.75 Å². The quantitative estimate of drug-likeness (QED) is 0.122. The number of hydrogen-bond acceptors (Lipinski definition) is 7. The number of ether oxygens (including phenoxy) is 2. The molecule has 0 bridgehead atoms. The van der Waals surface area contributed by atoms with Gasteiger partial charge in [-0.25, -0.2) is 0 Å². The monoisotopic (exact) mass is 917 g/mol. The summed E-state index contributed by atoms with van der Waals surface area (Å²) in [5.74, 6) is 0.201. The van der Waals surface area contributed by atoms with Crippen LogP contribution in [0.15, 0.2) is 144 Å². The molecule has 3 aliphatic rings. The van der Waals surface area contributed by atoms with Crippen molar-refractivity contribution in [1.29, 1.82) is 0 Å². The van der Waals surface area contributed by atoms with E-state index in [9.17, 15) is 9.90 Å². The van der Waals surface area contributed by atoms with Crippen molar-refractivity contribution in [3.63, 3.8) is 0 Å². The number of carbonyl (C=O) groups excluding carboxylic acids is 2. The number of rotatable bonds is 12. The molecule has 0 aliphatic carbocycles. The van der Waals surface area contributed by atoms with Crippen LogP contribution in [0.25, 0.3) is 10.8 Å². The number of carbonyl (C=O) groups is 2. The molecule has 1 spiro atoms. The first-order chi connectivity index (χ1) is 30.5. The number of aryl methyl sites for hydroxylation is 1. The Bertz CT molecular complexity index is 2870. The van der Waals surface area contributed by atoms with E-state index in [1.54, 1.807) is 12.0 Å². The molecule has 2 amide bonds. The molecule has 3 aliphatic heterocycles. The van der Waals surface area contributed by atoms with Gasteiger partial charge in [-0.1, -0.05) is 125 Å². The minimum atomic E-state index is -2.40. The van der Waals surface area contributed by atoms with Crippen molar-refractivity contribution < 1.29 is 24.2 Å². The molecule has 6 aromatic carbocycles. The highest BCUT2D eigenvalue weighted by Crippen LogP contribution is 2.60. The van der Waals surface area contributed by atoms with Crippen LogP contribution in [0.1, 0.15) is 52.0 Å². The molecule has 1 unspecified atom stereocenters. The van der Waals surface area contributed by atoms with E-state index in [-0.39, 0.29) is 41.9 Å². The molecule has 10 nitrogen and oxygen atoms in total. The predicted octanol–water partition coefficient (Wildman–Crippen LogP) is 9.47. The highest BCUT2D eigenvalue weighted by molar-refractivity contribution is 9.10. The maximum atomic E-state index is 15.5. The molecule has 0 radical (unpaired) electrons. The van der Waals surface area contributed by atoms with Crippen molar-refractivity contribution in [3.05, 3.63) is 172 Å². The van der Waals surface area contributed by atoms with E-state index in [1.807, 2.05) is 131 Å². The van der Waals surface area contributed by atoms with Gasteiger partial charge in [0.25, 0.3) is 11.8 Å². The fraction of sp³-hybridized carbons (Fsp3) is 0.255. The summed E-state index contributed by atoms with van der Waals surface area (Å²) in [6, 6.07) is 44.2. The van der Waals surface area contributed by atoms with Crippen LogP contribution in [0.2, 0.25) is 18.6 Å².